The smallest absolute Gasteiger partial charge is 0.477 e. The van der Waals surface area contributed by atoms with Crippen LogP contribution >= 0.6 is 0 Å². The van der Waals surface area contributed by atoms with Crippen LogP contribution in [0.3, 0.4) is 0 Å². The van der Waals surface area contributed by atoms with E-state index in [0.717, 1.165) is 17.7 Å². The lowest BCUT2D eigenvalue weighted by Crippen LogP contribution is -2.32. The van der Waals surface area contributed by atoms with Gasteiger partial charge in [-0.25, -0.2) is 13.2 Å². The Morgan fingerprint density at radius 2 is 1.64 bits per heavy atom. The first-order valence-electron chi connectivity index (χ1n) is 13.5. The van der Waals surface area contributed by atoms with Crippen LogP contribution in [0, 0.1) is 0 Å². The molecule has 0 radical (unpaired) electrons. The third-order valence-electron chi connectivity index (χ3n) is 7.07. The minimum atomic E-state index is -5.40. The molecule has 0 aliphatic rings. The van der Waals surface area contributed by atoms with Crippen LogP contribution < -0.4 is 10.6 Å². The molecule has 0 aliphatic heterocycles. The number of aliphatic hydroxyl groups excluding tert-OH is 1. The SMILES string of the molecule is CC(Cc1ccc2c(c1)cc(C(=O)O)n2Cc1cccc(NCS(=O)(=O)C(F)(F)F)c1)NCC(O)c1cccc(C(F)(F)F)c1. The molecule has 1 aromatic heterocycles. The van der Waals surface area contributed by atoms with Crippen LogP contribution in [0.4, 0.5) is 32.0 Å². The molecule has 4 rings (SSSR count). The largest absolute Gasteiger partial charge is 0.499 e. The molecule has 2 atom stereocenters. The second-order valence-corrected chi connectivity index (χ2v) is 12.5. The van der Waals surface area contributed by atoms with Gasteiger partial charge in [-0.1, -0.05) is 30.3 Å². The zero-order valence-electron chi connectivity index (χ0n) is 23.7. The topological polar surface area (TPSA) is 121 Å². The van der Waals surface area contributed by atoms with E-state index in [0.29, 0.717) is 22.9 Å². The molecule has 0 spiro atoms. The number of alkyl halides is 6. The van der Waals surface area contributed by atoms with Crippen molar-refractivity contribution in [2.24, 2.45) is 0 Å². The molecule has 0 saturated carbocycles. The second-order valence-electron chi connectivity index (χ2n) is 10.5. The number of nitrogens with one attached hydrogen (secondary N) is 2. The van der Waals surface area contributed by atoms with Gasteiger partial charge in [-0.3, -0.25) is 0 Å². The maximum absolute atomic E-state index is 13.0. The van der Waals surface area contributed by atoms with Crippen molar-refractivity contribution in [1.82, 2.24) is 9.88 Å². The molecule has 0 saturated heterocycles. The number of fused-ring (bicyclic) bond motifs is 1. The number of nitrogens with zero attached hydrogens (tertiary/aromatic N) is 1. The van der Waals surface area contributed by atoms with E-state index in [2.05, 4.69) is 10.6 Å². The number of carboxylic acids is 1. The van der Waals surface area contributed by atoms with Crippen molar-refractivity contribution in [1.29, 1.82) is 0 Å². The molecular weight excluding hydrogens is 628 g/mol. The summed E-state index contributed by atoms with van der Waals surface area (Å²) in [5, 5.41) is 26.2. The van der Waals surface area contributed by atoms with Crippen molar-refractivity contribution in [3.63, 3.8) is 0 Å². The van der Waals surface area contributed by atoms with Crippen LogP contribution in [0.5, 0.6) is 0 Å². The highest BCUT2D eigenvalue weighted by molar-refractivity contribution is 7.92. The van der Waals surface area contributed by atoms with Crippen molar-refractivity contribution in [3.8, 4) is 0 Å². The zero-order chi connectivity index (χ0) is 33.2. The molecule has 15 heteroatoms. The van der Waals surface area contributed by atoms with Gasteiger partial charge in [0.25, 0.3) is 9.84 Å². The van der Waals surface area contributed by atoms with Crippen LogP contribution in [0.15, 0.2) is 72.8 Å². The van der Waals surface area contributed by atoms with Crippen LogP contribution in [0.2, 0.25) is 0 Å². The Bertz CT molecular complexity index is 1790. The van der Waals surface area contributed by atoms with Crippen molar-refractivity contribution in [2.75, 3.05) is 17.7 Å². The average molecular weight is 658 g/mol. The van der Waals surface area contributed by atoms with E-state index in [1.807, 2.05) is 6.92 Å². The number of hydrogen-bond donors (Lipinski definition) is 4. The summed E-state index contributed by atoms with van der Waals surface area (Å²) in [5.41, 5.74) is -4.18. The minimum Gasteiger partial charge on any atom is -0.477 e. The van der Waals surface area contributed by atoms with Crippen molar-refractivity contribution in [2.45, 2.75) is 43.7 Å². The van der Waals surface area contributed by atoms with Crippen LogP contribution in [0.25, 0.3) is 10.9 Å². The summed E-state index contributed by atoms with van der Waals surface area (Å²) in [6, 6.07) is 17.0. The molecule has 2 unspecified atom stereocenters. The monoisotopic (exact) mass is 657 g/mol. The highest BCUT2D eigenvalue weighted by atomic mass is 32.2. The van der Waals surface area contributed by atoms with E-state index in [4.69, 9.17) is 0 Å². The van der Waals surface area contributed by atoms with E-state index in [-0.39, 0.29) is 36.1 Å². The number of rotatable bonds is 12. The number of anilines is 1. The number of aromatic nitrogens is 1. The minimum absolute atomic E-state index is 0.000315. The van der Waals surface area contributed by atoms with Crippen molar-refractivity contribution in [3.05, 3.63) is 101 Å². The molecule has 45 heavy (non-hydrogen) atoms. The normalized spacial score (nSPS) is 14.0. The average Bonchev–Trinajstić information content (AvgIpc) is 3.32. The summed E-state index contributed by atoms with van der Waals surface area (Å²) in [6.07, 6.45) is -5.25. The molecule has 0 amide bonds. The maximum Gasteiger partial charge on any atom is 0.499 e. The Balaban J connectivity index is 1.45. The van der Waals surface area contributed by atoms with Gasteiger partial charge < -0.3 is 25.4 Å². The first-order chi connectivity index (χ1) is 20.9. The molecule has 4 aromatic rings. The molecule has 8 nitrogen and oxygen atoms in total. The summed E-state index contributed by atoms with van der Waals surface area (Å²) in [6.45, 7) is 1.86. The van der Waals surface area contributed by atoms with Gasteiger partial charge >= 0.3 is 17.7 Å². The van der Waals surface area contributed by atoms with Crippen molar-refractivity contribution < 1.29 is 49.8 Å². The lowest BCUT2D eigenvalue weighted by atomic mass is 10.0. The maximum atomic E-state index is 13.0. The number of aliphatic hydroxyl groups is 1. The Labute approximate surface area is 254 Å². The van der Waals surface area contributed by atoms with Gasteiger partial charge in [0.05, 0.1) is 11.7 Å². The predicted molar refractivity (Wildman–Crippen MR) is 155 cm³/mol. The molecule has 3 aromatic carbocycles. The Kier molecular flexibility index (Phi) is 9.85. The zero-order valence-corrected chi connectivity index (χ0v) is 24.5. The van der Waals surface area contributed by atoms with E-state index in [9.17, 15) is 49.8 Å². The van der Waals surface area contributed by atoms with Gasteiger partial charge in [-0.2, -0.15) is 26.3 Å². The second kappa shape index (κ2) is 13.1. The molecule has 0 bridgehead atoms. The Morgan fingerprint density at radius 1 is 0.933 bits per heavy atom. The van der Waals surface area contributed by atoms with Gasteiger partial charge in [0.15, 0.2) is 0 Å². The Hall–Kier alpha value is -4.08. The van der Waals surface area contributed by atoms with Crippen molar-refractivity contribution >= 4 is 32.4 Å². The highest BCUT2D eigenvalue weighted by Gasteiger charge is 2.45. The van der Waals surface area contributed by atoms with E-state index < -0.39 is 45.0 Å². The van der Waals surface area contributed by atoms with Crippen LogP contribution in [0.1, 0.15) is 45.8 Å². The third-order valence-corrected chi connectivity index (χ3v) is 8.30. The summed E-state index contributed by atoms with van der Waals surface area (Å²) < 4.78 is 101. The number of sulfone groups is 1. The van der Waals surface area contributed by atoms with E-state index in [1.54, 1.807) is 24.3 Å². The lowest BCUT2D eigenvalue weighted by Gasteiger charge is -2.18. The fraction of sp³-hybridized carbons (Fsp3) is 0.300. The van der Waals surface area contributed by atoms with Gasteiger partial charge in [0.2, 0.25) is 0 Å². The molecule has 242 valence electrons. The molecule has 4 N–H and O–H groups in total. The van der Waals surface area contributed by atoms with Gasteiger partial charge in [0.1, 0.15) is 11.6 Å². The Morgan fingerprint density at radius 3 is 2.31 bits per heavy atom. The number of aromatic carboxylic acids is 1. The van der Waals surface area contributed by atoms with Gasteiger partial charge in [-0.05, 0) is 72.5 Å². The summed E-state index contributed by atoms with van der Waals surface area (Å²) in [7, 11) is -5.39. The fourth-order valence-electron chi connectivity index (χ4n) is 4.80. The number of halogens is 6. The molecule has 0 fully saturated rings. The summed E-state index contributed by atoms with van der Waals surface area (Å²) >= 11 is 0. The lowest BCUT2D eigenvalue weighted by molar-refractivity contribution is -0.137. The quantitative estimate of drug-likeness (QED) is 0.139. The predicted octanol–water partition coefficient (Wildman–Crippen LogP) is 5.96. The number of carboxylic acid groups (broad SMARTS) is 1. The van der Waals surface area contributed by atoms with Gasteiger partial charge in [0, 0.05) is 35.7 Å². The van der Waals surface area contributed by atoms with Crippen LogP contribution in [-0.2, 0) is 29.0 Å². The van der Waals surface area contributed by atoms with Gasteiger partial charge in [-0.15, -0.1) is 0 Å². The fourth-order valence-corrected chi connectivity index (χ4v) is 5.32. The standard InChI is InChI=1S/C30H29F6N3O5S/c1-18(37-15-27(40)21-5-3-6-23(13-21)29(31,32)33)10-19-8-9-25-22(11-19)14-26(28(41)42)39(25)16-20-4-2-7-24(12-20)38-17-45(43,44)30(34,35)36/h2-9,11-14,18,27,37-38,40H,10,15-17H2,1H3,(H,41,42). The molecular formula is C30H29F6N3O5S. The van der Waals surface area contributed by atoms with E-state index >= 15 is 0 Å². The van der Waals surface area contributed by atoms with Crippen LogP contribution in [-0.4, -0.2) is 53.1 Å². The summed E-state index contributed by atoms with van der Waals surface area (Å²) in [5.74, 6) is -2.57. The van der Waals surface area contributed by atoms with E-state index in [1.165, 1.54) is 41.0 Å². The molecule has 1 heterocycles. The number of carbonyl (C=O) groups is 1. The first kappa shape index (κ1) is 33.8. The first-order valence-corrected chi connectivity index (χ1v) is 15.2. The number of hydrogen-bond acceptors (Lipinski definition) is 6. The molecule has 0 aliphatic carbocycles. The third kappa shape index (κ3) is 8.35. The highest BCUT2D eigenvalue weighted by Crippen LogP contribution is 2.31. The number of benzene rings is 3. The summed E-state index contributed by atoms with van der Waals surface area (Å²) in [4.78, 5) is 12.1.